The molecule has 0 radical (unpaired) electrons. The van der Waals surface area contributed by atoms with Gasteiger partial charge in [0.05, 0.1) is 0 Å². The Morgan fingerprint density at radius 3 is 2.36 bits per heavy atom. The minimum atomic E-state index is 0.272. The van der Waals surface area contributed by atoms with Crippen molar-refractivity contribution in [1.82, 2.24) is 10.2 Å². The summed E-state index contributed by atoms with van der Waals surface area (Å²) in [6.07, 6.45) is 0.736. The van der Waals surface area contributed by atoms with E-state index in [1.807, 2.05) is 5.38 Å². The molecule has 8 nitrogen and oxygen atoms in total. The Bertz CT molecular complexity index is 960. The fourth-order valence-electron chi connectivity index (χ4n) is 2.61. The van der Waals surface area contributed by atoms with Gasteiger partial charge in [0.2, 0.25) is 0 Å². The molecule has 0 atom stereocenters. The van der Waals surface area contributed by atoms with Crippen LogP contribution in [0.3, 0.4) is 0 Å². The molecule has 25 heavy (non-hydrogen) atoms. The highest BCUT2D eigenvalue weighted by atomic mass is 32.1. The molecule has 0 unspecified atom stereocenters. The molecule has 0 saturated carbocycles. The van der Waals surface area contributed by atoms with Crippen LogP contribution in [-0.4, -0.2) is 42.9 Å². The van der Waals surface area contributed by atoms with Gasteiger partial charge < -0.3 is 23.4 Å². The first-order chi connectivity index (χ1) is 12.3. The van der Waals surface area contributed by atoms with E-state index in [2.05, 4.69) is 10.2 Å². The Balaban J connectivity index is 1.57. The highest BCUT2D eigenvalue weighted by Gasteiger charge is 2.29. The maximum Gasteiger partial charge on any atom is 0.262 e. The summed E-state index contributed by atoms with van der Waals surface area (Å²) in [5, 5.41) is 10.1. The molecule has 0 fully saturated rings. The molecular weight excluding hydrogens is 368 g/mol. The first-order valence-corrected chi connectivity index (χ1v) is 9.13. The van der Waals surface area contributed by atoms with Crippen LogP contribution < -0.4 is 18.9 Å². The lowest BCUT2D eigenvalue weighted by molar-refractivity contribution is 0.111. The lowest BCUT2D eigenvalue weighted by Crippen LogP contribution is -2.15. The van der Waals surface area contributed by atoms with Gasteiger partial charge in [-0.25, -0.2) is 0 Å². The molecule has 0 aliphatic carbocycles. The van der Waals surface area contributed by atoms with Gasteiger partial charge in [0.25, 0.3) is 11.8 Å². The first-order valence-electron chi connectivity index (χ1n) is 7.44. The Labute approximate surface area is 148 Å². The first kappa shape index (κ1) is 14.7. The van der Waals surface area contributed by atoms with Gasteiger partial charge >= 0.3 is 0 Å². The summed E-state index contributed by atoms with van der Waals surface area (Å²) >= 11 is 2.61. The maximum atomic E-state index is 11.3. The van der Waals surface area contributed by atoms with Crippen LogP contribution in [0.4, 0.5) is 0 Å². The SMILES string of the molecule is O=Cc1sc(-c2nnc(-c3scc4c3OCCO4)o2)c2c1OCCO2. The van der Waals surface area contributed by atoms with Crippen LogP contribution in [0.25, 0.3) is 21.5 Å². The lowest BCUT2D eigenvalue weighted by Gasteiger charge is -2.15. The number of carbonyl (C=O) groups excluding carboxylic acids is 1. The van der Waals surface area contributed by atoms with Gasteiger partial charge in [-0.1, -0.05) is 0 Å². The molecule has 2 aliphatic heterocycles. The van der Waals surface area contributed by atoms with Crippen LogP contribution >= 0.6 is 22.7 Å². The summed E-state index contributed by atoms with van der Waals surface area (Å²) in [4.78, 5) is 13.0. The molecule has 0 N–H and O–H groups in total. The molecular formula is C15H10N2O6S2. The van der Waals surface area contributed by atoms with Gasteiger partial charge in [0.1, 0.15) is 41.1 Å². The van der Waals surface area contributed by atoms with Crippen molar-refractivity contribution in [3.63, 3.8) is 0 Å². The van der Waals surface area contributed by atoms with E-state index in [1.165, 1.54) is 22.7 Å². The predicted octanol–water partition coefficient (Wildman–Crippen LogP) is 2.88. The fourth-order valence-corrected chi connectivity index (χ4v) is 4.38. The standard InChI is InChI=1S/C15H10N2O6S2/c18-5-8-10-11(22-4-3-21-10)13(25-8)15-17-16-14(23-15)12-9-7(6-24-12)19-1-2-20-9/h5-6H,1-4H2. The van der Waals surface area contributed by atoms with Crippen molar-refractivity contribution < 1.29 is 28.2 Å². The molecule has 0 aromatic carbocycles. The molecule has 10 heteroatoms. The Morgan fingerprint density at radius 2 is 1.56 bits per heavy atom. The molecule has 5 rings (SSSR count). The summed E-state index contributed by atoms with van der Waals surface area (Å²) in [6, 6.07) is 0. The third kappa shape index (κ3) is 2.29. The number of nitrogens with zero attached hydrogens (tertiary/aromatic N) is 2. The number of aromatic nitrogens is 2. The second-order valence-electron chi connectivity index (χ2n) is 5.14. The van der Waals surface area contributed by atoms with Crippen molar-refractivity contribution in [2.45, 2.75) is 0 Å². The van der Waals surface area contributed by atoms with Gasteiger partial charge in [-0.15, -0.1) is 32.9 Å². The van der Waals surface area contributed by atoms with Gasteiger partial charge in [0, 0.05) is 5.38 Å². The van der Waals surface area contributed by atoms with E-state index in [1.54, 1.807) is 0 Å². The number of carbonyl (C=O) groups is 1. The molecule has 0 amide bonds. The largest absolute Gasteiger partial charge is 0.485 e. The molecule has 3 aromatic heterocycles. The number of thiophene rings is 2. The van der Waals surface area contributed by atoms with E-state index < -0.39 is 0 Å². The average Bonchev–Trinajstić information content (AvgIpc) is 3.37. The van der Waals surface area contributed by atoms with Crippen molar-refractivity contribution in [3.05, 3.63) is 10.3 Å². The summed E-state index contributed by atoms with van der Waals surface area (Å²) in [7, 11) is 0. The zero-order valence-corrected chi connectivity index (χ0v) is 14.3. The predicted molar refractivity (Wildman–Crippen MR) is 88.3 cm³/mol. The zero-order chi connectivity index (χ0) is 16.8. The minimum Gasteiger partial charge on any atom is -0.485 e. The van der Waals surface area contributed by atoms with Crippen LogP contribution in [0.2, 0.25) is 0 Å². The van der Waals surface area contributed by atoms with Crippen LogP contribution in [0.5, 0.6) is 23.0 Å². The molecule has 0 spiro atoms. The minimum absolute atomic E-state index is 0.272. The third-order valence-electron chi connectivity index (χ3n) is 3.65. The van der Waals surface area contributed by atoms with Gasteiger partial charge in [-0.3, -0.25) is 4.79 Å². The number of hydrogen-bond donors (Lipinski definition) is 0. The number of ether oxygens (including phenoxy) is 4. The summed E-state index contributed by atoms with van der Waals surface area (Å²) < 4.78 is 28.2. The van der Waals surface area contributed by atoms with Crippen LogP contribution in [0.1, 0.15) is 9.67 Å². The summed E-state index contributed by atoms with van der Waals surface area (Å²) in [5.74, 6) is 2.81. The maximum absolute atomic E-state index is 11.3. The average molecular weight is 378 g/mol. The Kier molecular flexibility index (Phi) is 3.38. The van der Waals surface area contributed by atoms with Crippen molar-refractivity contribution in [1.29, 1.82) is 0 Å². The van der Waals surface area contributed by atoms with Crippen LogP contribution in [0.15, 0.2) is 9.80 Å². The van der Waals surface area contributed by atoms with Crippen molar-refractivity contribution in [2.75, 3.05) is 26.4 Å². The third-order valence-corrected chi connectivity index (χ3v) is 5.64. The Morgan fingerprint density at radius 1 is 0.880 bits per heavy atom. The summed E-state index contributed by atoms with van der Waals surface area (Å²) in [6.45, 7) is 1.80. The van der Waals surface area contributed by atoms with Crippen LogP contribution in [0, 0.1) is 0 Å². The molecule has 5 heterocycles. The van der Waals surface area contributed by atoms with E-state index in [0.717, 1.165) is 6.29 Å². The van der Waals surface area contributed by atoms with E-state index in [0.29, 0.717) is 69.9 Å². The number of rotatable bonds is 3. The second kappa shape index (κ2) is 5.74. The number of hydrogen-bond acceptors (Lipinski definition) is 10. The molecule has 128 valence electrons. The van der Waals surface area contributed by atoms with Gasteiger partial charge in [0.15, 0.2) is 29.3 Å². The van der Waals surface area contributed by atoms with E-state index in [4.69, 9.17) is 23.4 Å². The monoisotopic (exact) mass is 378 g/mol. The molecule has 0 bridgehead atoms. The van der Waals surface area contributed by atoms with Crippen molar-refractivity contribution in [2.24, 2.45) is 0 Å². The number of aldehydes is 1. The molecule has 2 aliphatic rings. The normalized spacial score (nSPS) is 15.2. The second-order valence-corrected chi connectivity index (χ2v) is 7.07. The van der Waals surface area contributed by atoms with Crippen molar-refractivity contribution >= 4 is 29.0 Å². The van der Waals surface area contributed by atoms with E-state index in [-0.39, 0.29) is 5.89 Å². The molecule has 3 aromatic rings. The Hall–Kier alpha value is -2.59. The number of fused-ring (bicyclic) bond motifs is 2. The van der Waals surface area contributed by atoms with Crippen molar-refractivity contribution in [3.8, 4) is 44.5 Å². The van der Waals surface area contributed by atoms with Crippen LogP contribution in [-0.2, 0) is 0 Å². The van der Waals surface area contributed by atoms with E-state index in [9.17, 15) is 4.79 Å². The van der Waals surface area contributed by atoms with E-state index >= 15 is 0 Å². The highest BCUT2D eigenvalue weighted by Crippen LogP contribution is 2.50. The lowest BCUT2D eigenvalue weighted by atomic mass is 10.3. The molecule has 0 saturated heterocycles. The quantitative estimate of drug-likeness (QED) is 0.643. The zero-order valence-electron chi connectivity index (χ0n) is 12.6. The smallest absolute Gasteiger partial charge is 0.262 e. The fraction of sp³-hybridized carbons (Fsp3) is 0.267. The van der Waals surface area contributed by atoms with Gasteiger partial charge in [-0.05, 0) is 0 Å². The van der Waals surface area contributed by atoms with Gasteiger partial charge in [-0.2, -0.15) is 0 Å². The highest BCUT2D eigenvalue weighted by molar-refractivity contribution is 7.17. The summed E-state index contributed by atoms with van der Waals surface area (Å²) in [5.41, 5.74) is 0. The topological polar surface area (TPSA) is 92.9 Å².